The van der Waals surface area contributed by atoms with Crippen molar-refractivity contribution in [2.24, 2.45) is 0 Å². The predicted molar refractivity (Wildman–Crippen MR) is 138 cm³/mol. The first-order valence-corrected chi connectivity index (χ1v) is 12.5. The lowest BCUT2D eigenvalue weighted by molar-refractivity contribution is 0.0986. The molecule has 0 radical (unpaired) electrons. The number of rotatable bonds is 5. The van der Waals surface area contributed by atoms with Crippen molar-refractivity contribution < 1.29 is 9.53 Å². The molecule has 34 heavy (non-hydrogen) atoms. The number of benzene rings is 2. The molecule has 4 rings (SSSR count). The summed E-state index contributed by atoms with van der Waals surface area (Å²) in [5.41, 5.74) is 4.98. The van der Waals surface area contributed by atoms with Crippen LogP contribution in [0.4, 0.5) is 5.69 Å². The van der Waals surface area contributed by atoms with Gasteiger partial charge in [0.05, 0.1) is 12.2 Å². The van der Waals surface area contributed by atoms with Crippen molar-refractivity contribution in [1.82, 2.24) is 10.3 Å². The maximum atomic E-state index is 13.5. The molecule has 5 heteroatoms. The van der Waals surface area contributed by atoms with E-state index in [9.17, 15) is 4.79 Å². The Labute approximate surface area is 203 Å². The summed E-state index contributed by atoms with van der Waals surface area (Å²) < 4.78 is 5.85. The maximum Gasteiger partial charge on any atom is 0.259 e. The number of hydrogen-bond acceptors (Lipinski definition) is 4. The molecular weight excluding hydrogens is 422 g/mol. The molecule has 0 spiro atoms. The van der Waals surface area contributed by atoms with Crippen molar-refractivity contribution in [3.63, 3.8) is 0 Å². The average molecular weight is 458 g/mol. The average Bonchev–Trinajstić information content (AvgIpc) is 2.88. The van der Waals surface area contributed by atoms with Gasteiger partial charge in [-0.2, -0.15) is 0 Å². The summed E-state index contributed by atoms with van der Waals surface area (Å²) >= 11 is 0. The second-order valence-electron chi connectivity index (χ2n) is 8.86. The van der Waals surface area contributed by atoms with E-state index in [1.54, 1.807) is 12.4 Å². The second-order valence-corrected chi connectivity index (χ2v) is 8.86. The van der Waals surface area contributed by atoms with E-state index >= 15 is 0 Å². The highest BCUT2D eigenvalue weighted by molar-refractivity contribution is 6.06. The first kappa shape index (κ1) is 24.0. The molecule has 0 saturated heterocycles. The van der Waals surface area contributed by atoms with Gasteiger partial charge in [-0.1, -0.05) is 44.4 Å². The molecule has 1 amide bonds. The van der Waals surface area contributed by atoms with Crippen LogP contribution in [0.15, 0.2) is 67.0 Å². The van der Waals surface area contributed by atoms with Gasteiger partial charge in [-0.15, -0.1) is 0 Å². The Morgan fingerprint density at radius 2 is 1.85 bits per heavy atom. The Balaban J connectivity index is 1.70. The highest BCUT2D eigenvalue weighted by Crippen LogP contribution is 2.31. The van der Waals surface area contributed by atoms with Gasteiger partial charge in [-0.05, 0) is 78.9 Å². The lowest BCUT2D eigenvalue weighted by Gasteiger charge is -2.27. The molecule has 178 valence electrons. The van der Waals surface area contributed by atoms with E-state index in [0.717, 1.165) is 60.5 Å². The third-order valence-electron chi connectivity index (χ3n) is 6.21. The summed E-state index contributed by atoms with van der Waals surface area (Å²) in [4.78, 5) is 19.6. The normalized spacial score (nSPS) is 15.0. The Hall–Kier alpha value is -3.18. The first-order chi connectivity index (χ1) is 16.8. The highest BCUT2D eigenvalue weighted by atomic mass is 16.5. The van der Waals surface area contributed by atoms with Gasteiger partial charge in [0.25, 0.3) is 5.91 Å². The van der Waals surface area contributed by atoms with Crippen LogP contribution in [0.2, 0.25) is 0 Å². The van der Waals surface area contributed by atoms with Gasteiger partial charge in [0.1, 0.15) is 5.75 Å². The Morgan fingerprint density at radius 3 is 2.71 bits per heavy atom. The van der Waals surface area contributed by atoms with Crippen LogP contribution in [0, 0.1) is 0 Å². The van der Waals surface area contributed by atoms with Crippen molar-refractivity contribution in [3.05, 3.63) is 78.1 Å². The van der Waals surface area contributed by atoms with E-state index in [2.05, 4.69) is 47.6 Å². The van der Waals surface area contributed by atoms with Gasteiger partial charge in [0, 0.05) is 31.2 Å². The zero-order valence-corrected chi connectivity index (χ0v) is 20.1. The third-order valence-corrected chi connectivity index (χ3v) is 6.21. The number of aromatic nitrogens is 1. The molecular formula is C29H35N3O2. The molecule has 0 atom stereocenters. The summed E-state index contributed by atoms with van der Waals surface area (Å²) in [5.74, 6) is 0.896. The van der Waals surface area contributed by atoms with E-state index in [0.29, 0.717) is 18.7 Å². The number of hydrogen-bond donors (Lipinski definition) is 1. The molecule has 0 aliphatic carbocycles. The second kappa shape index (κ2) is 12.3. The van der Waals surface area contributed by atoms with Crippen LogP contribution in [0.3, 0.4) is 0 Å². The number of carbonyl (C=O) groups excluding carboxylic acids is 1. The molecule has 1 aliphatic heterocycles. The summed E-state index contributed by atoms with van der Waals surface area (Å²) in [6, 6.07) is 18.4. The number of amides is 1. The Kier molecular flexibility index (Phi) is 8.69. The van der Waals surface area contributed by atoms with Gasteiger partial charge < -0.3 is 15.0 Å². The van der Waals surface area contributed by atoms with E-state index in [-0.39, 0.29) is 5.91 Å². The number of nitrogens with zero attached hydrogens (tertiary/aromatic N) is 2. The van der Waals surface area contributed by atoms with Crippen molar-refractivity contribution >= 4 is 11.6 Å². The zero-order valence-electron chi connectivity index (χ0n) is 20.1. The van der Waals surface area contributed by atoms with Crippen LogP contribution in [-0.2, 0) is 6.54 Å². The van der Waals surface area contributed by atoms with Crippen molar-refractivity contribution in [3.8, 4) is 16.9 Å². The van der Waals surface area contributed by atoms with Crippen molar-refractivity contribution in [2.75, 3.05) is 24.6 Å². The molecule has 3 aromatic rings. The minimum absolute atomic E-state index is 0.00845. The number of pyridine rings is 1. The number of fused-ring (bicyclic) bond motifs is 1. The van der Waals surface area contributed by atoms with E-state index in [1.807, 2.05) is 29.2 Å². The SMILES string of the molecule is CCCOc1cccc(-c2ccc3c(c2)CNCCCCCCCN3C(=O)c2cccnc2)c1. The number of ether oxygens (including phenoxy) is 1. The van der Waals surface area contributed by atoms with Crippen molar-refractivity contribution in [1.29, 1.82) is 0 Å². The molecule has 0 fully saturated rings. The monoisotopic (exact) mass is 457 g/mol. The number of nitrogens with one attached hydrogen (secondary N) is 1. The molecule has 1 aromatic heterocycles. The highest BCUT2D eigenvalue weighted by Gasteiger charge is 2.21. The minimum Gasteiger partial charge on any atom is -0.494 e. The van der Waals surface area contributed by atoms with Gasteiger partial charge in [-0.25, -0.2) is 0 Å². The molecule has 0 saturated carbocycles. The number of carbonyl (C=O) groups is 1. The van der Waals surface area contributed by atoms with Gasteiger partial charge in [0.15, 0.2) is 0 Å². The fourth-order valence-corrected chi connectivity index (χ4v) is 4.41. The summed E-state index contributed by atoms with van der Waals surface area (Å²) in [5, 5.41) is 3.60. The Morgan fingerprint density at radius 1 is 1.00 bits per heavy atom. The topological polar surface area (TPSA) is 54.5 Å². The van der Waals surface area contributed by atoms with Crippen LogP contribution in [-0.4, -0.2) is 30.6 Å². The fourth-order valence-electron chi connectivity index (χ4n) is 4.41. The predicted octanol–water partition coefficient (Wildman–Crippen LogP) is 6.24. The standard InChI is InChI=1S/C29H35N3O2/c1-2-18-34-27-12-8-10-23(20-27)24-13-14-28-26(19-24)22-30-15-6-4-3-5-7-17-32(28)29(33)25-11-9-16-31-21-25/h8-14,16,19-21,30H,2-7,15,17-18,22H2,1H3. The van der Waals surface area contributed by atoms with Crippen LogP contribution < -0.4 is 15.0 Å². The first-order valence-electron chi connectivity index (χ1n) is 12.5. The molecule has 2 aromatic carbocycles. The van der Waals surface area contributed by atoms with Gasteiger partial charge >= 0.3 is 0 Å². The minimum atomic E-state index is 0.00845. The lowest BCUT2D eigenvalue weighted by atomic mass is 10.00. The van der Waals surface area contributed by atoms with Gasteiger partial charge in [0.2, 0.25) is 0 Å². The van der Waals surface area contributed by atoms with Crippen molar-refractivity contribution in [2.45, 2.75) is 52.0 Å². The molecule has 2 heterocycles. The summed E-state index contributed by atoms with van der Waals surface area (Å²) in [6.45, 7) is 5.25. The fraction of sp³-hybridized carbons (Fsp3) is 0.379. The van der Waals surface area contributed by atoms with Gasteiger partial charge in [-0.3, -0.25) is 9.78 Å². The molecule has 5 nitrogen and oxygen atoms in total. The van der Waals surface area contributed by atoms with Crippen LogP contribution >= 0.6 is 0 Å². The summed E-state index contributed by atoms with van der Waals surface area (Å²) in [6.07, 6.45) is 10.1. The van der Waals surface area contributed by atoms with Crippen LogP contribution in [0.25, 0.3) is 11.1 Å². The number of anilines is 1. The smallest absolute Gasteiger partial charge is 0.259 e. The molecule has 1 aliphatic rings. The largest absolute Gasteiger partial charge is 0.494 e. The summed E-state index contributed by atoms with van der Waals surface area (Å²) in [7, 11) is 0. The van der Waals surface area contributed by atoms with E-state index in [1.165, 1.54) is 19.3 Å². The van der Waals surface area contributed by atoms with E-state index in [4.69, 9.17) is 4.74 Å². The Bertz CT molecular complexity index is 1070. The third kappa shape index (κ3) is 6.23. The molecule has 0 unspecified atom stereocenters. The zero-order chi connectivity index (χ0) is 23.6. The van der Waals surface area contributed by atoms with E-state index < -0.39 is 0 Å². The van der Waals surface area contributed by atoms with Crippen LogP contribution in [0.5, 0.6) is 5.75 Å². The lowest BCUT2D eigenvalue weighted by Crippen LogP contribution is -2.33. The quantitative estimate of drug-likeness (QED) is 0.493. The maximum absolute atomic E-state index is 13.5. The van der Waals surface area contributed by atoms with Crippen LogP contribution in [0.1, 0.15) is 61.4 Å². The molecule has 0 bridgehead atoms. The molecule has 1 N–H and O–H groups in total.